The van der Waals surface area contributed by atoms with Gasteiger partial charge in [0, 0.05) is 18.7 Å². The van der Waals surface area contributed by atoms with Gasteiger partial charge in [0.25, 0.3) is 0 Å². The van der Waals surface area contributed by atoms with Crippen molar-refractivity contribution in [1.29, 1.82) is 0 Å². The van der Waals surface area contributed by atoms with E-state index in [0.29, 0.717) is 5.92 Å². The molecule has 0 bridgehead atoms. The van der Waals surface area contributed by atoms with E-state index in [9.17, 15) is 4.79 Å². The molecular formula is C17H26N2O. The van der Waals surface area contributed by atoms with Gasteiger partial charge in [-0.1, -0.05) is 26.0 Å². The van der Waals surface area contributed by atoms with Gasteiger partial charge in [0.2, 0.25) is 5.91 Å². The lowest BCUT2D eigenvalue weighted by Crippen LogP contribution is -2.33. The summed E-state index contributed by atoms with van der Waals surface area (Å²) in [5, 5.41) is 3.47. The monoisotopic (exact) mass is 274 g/mol. The molecule has 20 heavy (non-hydrogen) atoms. The van der Waals surface area contributed by atoms with Crippen LogP contribution in [-0.2, 0) is 17.6 Å². The van der Waals surface area contributed by atoms with Gasteiger partial charge in [0.1, 0.15) is 0 Å². The maximum atomic E-state index is 11.7. The van der Waals surface area contributed by atoms with Gasteiger partial charge >= 0.3 is 0 Å². The summed E-state index contributed by atoms with van der Waals surface area (Å²) in [7, 11) is 0. The smallest absolute Gasteiger partial charge is 0.224 e. The van der Waals surface area contributed by atoms with Gasteiger partial charge in [-0.15, -0.1) is 0 Å². The molecule has 3 heteroatoms. The molecule has 0 radical (unpaired) electrons. The molecule has 1 amide bonds. The minimum Gasteiger partial charge on any atom is -0.316 e. The van der Waals surface area contributed by atoms with Crippen molar-refractivity contribution >= 4 is 11.6 Å². The fourth-order valence-corrected chi connectivity index (χ4v) is 2.94. The summed E-state index contributed by atoms with van der Waals surface area (Å²) in [5.41, 5.74) is 3.77. The molecule has 1 aromatic rings. The van der Waals surface area contributed by atoms with Crippen LogP contribution in [-0.4, -0.2) is 25.0 Å². The van der Waals surface area contributed by atoms with Crippen LogP contribution in [0.4, 0.5) is 5.69 Å². The van der Waals surface area contributed by atoms with E-state index in [-0.39, 0.29) is 11.9 Å². The van der Waals surface area contributed by atoms with Gasteiger partial charge in [-0.2, -0.15) is 0 Å². The second kappa shape index (κ2) is 6.40. The average molecular weight is 274 g/mol. The summed E-state index contributed by atoms with van der Waals surface area (Å²) in [6.45, 7) is 10.3. The Hall–Kier alpha value is -1.35. The van der Waals surface area contributed by atoms with Crippen molar-refractivity contribution in [3.05, 3.63) is 29.3 Å². The lowest BCUT2D eigenvalue weighted by Gasteiger charge is -2.20. The highest BCUT2D eigenvalue weighted by Gasteiger charge is 2.28. The first-order valence-electron chi connectivity index (χ1n) is 7.61. The number of amides is 1. The number of nitrogens with zero attached hydrogens (tertiary/aromatic N) is 1. The number of anilines is 1. The normalized spacial score (nSPS) is 17.6. The number of hydrogen-bond donors (Lipinski definition) is 1. The van der Waals surface area contributed by atoms with Crippen LogP contribution in [0, 0.1) is 5.92 Å². The molecule has 1 aromatic carbocycles. The van der Waals surface area contributed by atoms with E-state index in [1.54, 1.807) is 6.92 Å². The third-order valence-corrected chi connectivity index (χ3v) is 3.84. The number of nitrogens with one attached hydrogen (secondary N) is 1. The van der Waals surface area contributed by atoms with E-state index in [1.165, 1.54) is 11.1 Å². The van der Waals surface area contributed by atoms with Crippen LogP contribution in [0.15, 0.2) is 18.2 Å². The van der Waals surface area contributed by atoms with E-state index in [4.69, 9.17) is 0 Å². The molecule has 3 nitrogen and oxygen atoms in total. The van der Waals surface area contributed by atoms with Crippen LogP contribution < -0.4 is 10.2 Å². The van der Waals surface area contributed by atoms with E-state index in [1.807, 2.05) is 4.90 Å². The maximum Gasteiger partial charge on any atom is 0.224 e. The molecule has 1 heterocycles. The third kappa shape index (κ3) is 3.40. The van der Waals surface area contributed by atoms with Crippen LogP contribution in [0.2, 0.25) is 0 Å². The zero-order chi connectivity index (χ0) is 14.7. The molecular weight excluding hydrogens is 248 g/mol. The SMILES string of the molecule is CC(=O)N1c2ccc(CCNCC(C)C)cc2CC1C. The molecule has 2 rings (SSSR count). The number of carbonyl (C=O) groups is 1. The molecule has 0 fully saturated rings. The Morgan fingerprint density at radius 3 is 2.85 bits per heavy atom. The number of benzene rings is 1. The highest BCUT2D eigenvalue weighted by Crippen LogP contribution is 2.32. The topological polar surface area (TPSA) is 32.3 Å². The minimum absolute atomic E-state index is 0.141. The zero-order valence-corrected chi connectivity index (χ0v) is 13.1. The fraction of sp³-hybridized carbons (Fsp3) is 0.588. The first-order chi connectivity index (χ1) is 9.49. The molecule has 1 atom stereocenters. The van der Waals surface area contributed by atoms with Crippen LogP contribution in [0.1, 0.15) is 38.8 Å². The highest BCUT2D eigenvalue weighted by molar-refractivity contribution is 5.94. The Bertz CT molecular complexity index is 482. The summed E-state index contributed by atoms with van der Waals surface area (Å²) >= 11 is 0. The van der Waals surface area contributed by atoms with Crippen LogP contribution in [0.3, 0.4) is 0 Å². The lowest BCUT2D eigenvalue weighted by molar-refractivity contribution is -0.116. The van der Waals surface area contributed by atoms with Crippen LogP contribution in [0.25, 0.3) is 0 Å². The van der Waals surface area contributed by atoms with Crippen molar-refractivity contribution in [1.82, 2.24) is 5.32 Å². The van der Waals surface area contributed by atoms with Gasteiger partial charge in [-0.05, 0) is 56.0 Å². The minimum atomic E-state index is 0.141. The summed E-state index contributed by atoms with van der Waals surface area (Å²) < 4.78 is 0. The zero-order valence-electron chi connectivity index (χ0n) is 13.1. The maximum absolute atomic E-state index is 11.7. The van der Waals surface area contributed by atoms with E-state index in [0.717, 1.165) is 31.6 Å². The number of fused-ring (bicyclic) bond motifs is 1. The van der Waals surface area contributed by atoms with Gasteiger partial charge in [0.05, 0.1) is 0 Å². The van der Waals surface area contributed by atoms with Crippen LogP contribution >= 0.6 is 0 Å². The third-order valence-electron chi connectivity index (χ3n) is 3.84. The molecule has 0 aliphatic carbocycles. The van der Waals surface area contributed by atoms with Crippen molar-refractivity contribution in [3.8, 4) is 0 Å². The van der Waals surface area contributed by atoms with E-state index >= 15 is 0 Å². The van der Waals surface area contributed by atoms with Gasteiger partial charge in [0.15, 0.2) is 0 Å². The Kier molecular flexibility index (Phi) is 4.81. The molecule has 1 aliphatic heterocycles. The summed E-state index contributed by atoms with van der Waals surface area (Å²) in [5.74, 6) is 0.836. The van der Waals surface area contributed by atoms with Crippen LogP contribution in [0.5, 0.6) is 0 Å². The average Bonchev–Trinajstić information content (AvgIpc) is 2.69. The highest BCUT2D eigenvalue weighted by atomic mass is 16.2. The Morgan fingerprint density at radius 2 is 2.20 bits per heavy atom. The predicted octanol–water partition coefficient (Wildman–Crippen LogP) is 2.77. The van der Waals surface area contributed by atoms with Crippen molar-refractivity contribution in [3.63, 3.8) is 0 Å². The van der Waals surface area contributed by atoms with Gasteiger partial charge < -0.3 is 10.2 Å². The van der Waals surface area contributed by atoms with E-state index in [2.05, 4.69) is 44.3 Å². The Labute approximate surface area is 122 Å². The van der Waals surface area contributed by atoms with Crippen molar-refractivity contribution < 1.29 is 4.79 Å². The van der Waals surface area contributed by atoms with Crippen molar-refractivity contribution in [2.24, 2.45) is 5.92 Å². The summed E-state index contributed by atoms with van der Waals surface area (Å²) in [6.07, 6.45) is 2.02. The molecule has 110 valence electrons. The molecule has 0 spiro atoms. The number of rotatable bonds is 5. The first-order valence-corrected chi connectivity index (χ1v) is 7.61. The summed E-state index contributed by atoms with van der Waals surface area (Å²) in [6, 6.07) is 6.82. The quantitative estimate of drug-likeness (QED) is 0.837. The standard InChI is InChI=1S/C17H26N2O/c1-12(2)11-18-8-7-15-5-6-17-16(10-15)9-13(3)19(17)14(4)20/h5-6,10,12-13,18H,7-9,11H2,1-4H3. The Morgan fingerprint density at radius 1 is 1.45 bits per heavy atom. The molecule has 0 saturated carbocycles. The molecule has 1 aliphatic rings. The molecule has 1 unspecified atom stereocenters. The van der Waals surface area contributed by atoms with Crippen molar-refractivity contribution in [2.75, 3.05) is 18.0 Å². The molecule has 0 saturated heterocycles. The predicted molar refractivity (Wildman–Crippen MR) is 84.2 cm³/mol. The second-order valence-corrected chi connectivity index (χ2v) is 6.25. The van der Waals surface area contributed by atoms with E-state index < -0.39 is 0 Å². The van der Waals surface area contributed by atoms with Crippen molar-refractivity contribution in [2.45, 2.75) is 46.6 Å². The fourth-order valence-electron chi connectivity index (χ4n) is 2.94. The summed E-state index contributed by atoms with van der Waals surface area (Å²) in [4.78, 5) is 13.6. The van der Waals surface area contributed by atoms with Gasteiger partial charge in [-0.25, -0.2) is 0 Å². The number of hydrogen-bond acceptors (Lipinski definition) is 2. The van der Waals surface area contributed by atoms with Gasteiger partial charge in [-0.3, -0.25) is 4.79 Å². The molecule has 1 N–H and O–H groups in total. The first kappa shape index (κ1) is 15.0. The number of carbonyl (C=O) groups excluding carboxylic acids is 1. The lowest BCUT2D eigenvalue weighted by atomic mass is 10.0. The Balaban J connectivity index is 1.99. The largest absolute Gasteiger partial charge is 0.316 e. The molecule has 0 aromatic heterocycles. The second-order valence-electron chi connectivity index (χ2n) is 6.25.